The Morgan fingerprint density at radius 2 is 2.26 bits per heavy atom. The Kier molecular flexibility index (Phi) is 2.75. The van der Waals surface area contributed by atoms with Crippen LogP contribution >= 0.6 is 0 Å². The Morgan fingerprint density at radius 1 is 1.53 bits per heavy atom. The number of carbonyl (C=O) groups excluding carboxylic acids is 1. The van der Waals surface area contributed by atoms with Crippen molar-refractivity contribution in [1.82, 2.24) is 5.32 Å². The summed E-state index contributed by atoms with van der Waals surface area (Å²) < 4.78 is 23.2. The molecule has 5 nitrogen and oxygen atoms in total. The van der Waals surface area contributed by atoms with Crippen molar-refractivity contribution in [3.63, 3.8) is 0 Å². The van der Waals surface area contributed by atoms with Gasteiger partial charge in [0.25, 0.3) is 0 Å². The van der Waals surface area contributed by atoms with Gasteiger partial charge in [-0.1, -0.05) is 0 Å². The van der Waals surface area contributed by atoms with E-state index in [-0.39, 0.29) is 5.92 Å². The molecule has 1 fully saturated rings. The second-order valence-corrected chi connectivity index (χ2v) is 9.77. The van der Waals surface area contributed by atoms with E-state index in [4.69, 9.17) is 0 Å². The Bertz CT molecular complexity index is 592. The summed E-state index contributed by atoms with van der Waals surface area (Å²) in [6, 6.07) is -0.541. The number of β-lactam (4-membered cyclic amide) rings is 1. The molecule has 0 radical (unpaired) electrons. The molecule has 3 rings (SSSR count). The Labute approximate surface area is 113 Å². The molecule has 0 spiro atoms. The average Bonchev–Trinajstić information content (AvgIpc) is 2.51. The van der Waals surface area contributed by atoms with Crippen LogP contribution in [0.3, 0.4) is 0 Å². The van der Waals surface area contributed by atoms with Crippen LogP contribution in [-0.4, -0.2) is 35.9 Å². The molecular formula is C13H17NO4Se. The first kappa shape index (κ1) is 13.0. The molecule has 2 aliphatic heterocycles. The molecule has 0 aromatic rings. The van der Waals surface area contributed by atoms with Gasteiger partial charge in [0.1, 0.15) is 0 Å². The van der Waals surface area contributed by atoms with Crippen LogP contribution in [0.2, 0.25) is 4.31 Å². The summed E-state index contributed by atoms with van der Waals surface area (Å²) in [5.74, 6) is -0.789. The first-order chi connectivity index (χ1) is 8.91. The molecule has 6 heteroatoms. The van der Waals surface area contributed by atoms with Crippen molar-refractivity contribution in [1.29, 1.82) is 0 Å². The number of fused-ring (bicyclic) bond motifs is 1. The number of hydrogen-bond acceptors (Lipinski definition) is 4. The van der Waals surface area contributed by atoms with Crippen LogP contribution in [-0.2, 0) is 12.5 Å². The van der Waals surface area contributed by atoms with Crippen LogP contribution < -0.4 is 5.32 Å². The zero-order valence-corrected chi connectivity index (χ0v) is 12.4. The van der Waals surface area contributed by atoms with E-state index in [1.807, 2.05) is 12.2 Å². The fraction of sp³-hybridized carbons (Fsp3) is 0.615. The minimum atomic E-state index is -4.60. The summed E-state index contributed by atoms with van der Waals surface area (Å²) in [7, 11) is 0. The Hall–Kier alpha value is -0.971. The molecule has 1 amide bonds. The van der Waals surface area contributed by atoms with Gasteiger partial charge in [-0.05, 0) is 0 Å². The van der Waals surface area contributed by atoms with Crippen LogP contribution in [0.25, 0.3) is 0 Å². The van der Waals surface area contributed by atoms with Crippen LogP contribution in [0, 0.1) is 5.92 Å². The predicted octanol–water partition coefficient (Wildman–Crippen LogP) is 0.745. The summed E-state index contributed by atoms with van der Waals surface area (Å²) in [5, 5.41) is 13.2. The van der Waals surface area contributed by atoms with E-state index < -0.39 is 35.1 Å². The molecule has 1 aliphatic carbocycles. The van der Waals surface area contributed by atoms with Gasteiger partial charge in [-0.25, -0.2) is 0 Å². The summed E-state index contributed by atoms with van der Waals surface area (Å²) in [6.45, 7) is 1.69. The second-order valence-electron chi connectivity index (χ2n) is 5.57. The summed E-state index contributed by atoms with van der Waals surface area (Å²) >= 11 is -4.60. The zero-order valence-electron chi connectivity index (χ0n) is 10.7. The molecule has 1 saturated heterocycles. The van der Waals surface area contributed by atoms with Gasteiger partial charge in [0.2, 0.25) is 0 Å². The van der Waals surface area contributed by atoms with Crippen molar-refractivity contribution in [2.75, 3.05) is 0 Å². The monoisotopic (exact) mass is 331 g/mol. The van der Waals surface area contributed by atoms with E-state index in [9.17, 15) is 17.6 Å². The SMILES string of the molecule is CC1=C[Se](=O)(=O)[C@@]2([C@@H](O)[C@@H]3C=CCCC3)C(=O)N[C@@H]12. The van der Waals surface area contributed by atoms with E-state index in [2.05, 4.69) is 5.32 Å². The Morgan fingerprint density at radius 3 is 2.79 bits per heavy atom. The number of rotatable bonds is 2. The number of carbonyl (C=O) groups is 1. The van der Waals surface area contributed by atoms with Gasteiger partial charge in [0, 0.05) is 0 Å². The van der Waals surface area contributed by atoms with Gasteiger partial charge < -0.3 is 0 Å². The fourth-order valence-electron chi connectivity index (χ4n) is 3.45. The topological polar surface area (TPSA) is 83.5 Å². The average molecular weight is 330 g/mol. The number of amides is 1. The van der Waals surface area contributed by atoms with Crippen molar-refractivity contribution in [3.05, 3.63) is 22.7 Å². The van der Waals surface area contributed by atoms with Gasteiger partial charge in [-0.15, -0.1) is 0 Å². The van der Waals surface area contributed by atoms with Crippen molar-refractivity contribution < 1.29 is 17.6 Å². The van der Waals surface area contributed by atoms with Gasteiger partial charge in [0.05, 0.1) is 0 Å². The molecule has 0 saturated carbocycles. The summed E-state index contributed by atoms with van der Waals surface area (Å²) in [4.78, 5) is 13.2. The first-order valence-electron chi connectivity index (χ1n) is 6.50. The molecule has 19 heavy (non-hydrogen) atoms. The van der Waals surface area contributed by atoms with Crippen LogP contribution in [0.4, 0.5) is 0 Å². The molecule has 0 aromatic carbocycles. The van der Waals surface area contributed by atoms with Crippen molar-refractivity contribution in [3.8, 4) is 0 Å². The molecular weight excluding hydrogens is 313 g/mol. The standard InChI is InChI=1S/C13H17NO4Se/c1-8-7-19(17,18)13(10(8)14-12(13)16)11(15)9-5-3-2-4-6-9/h3,5,7,9-11,15H,2,4,6H2,1H3,(H,14,16)/t9-,10+,11+,13+/m1/s1. The van der Waals surface area contributed by atoms with Crippen molar-refractivity contribution in [2.45, 2.75) is 42.6 Å². The molecule has 4 atom stereocenters. The minimum absolute atomic E-state index is 0.249. The maximum atomic E-state index is 12.4. The first-order valence-corrected chi connectivity index (χ1v) is 9.74. The number of aliphatic hydroxyl groups is 1. The van der Waals surface area contributed by atoms with Gasteiger partial charge >= 0.3 is 113 Å². The molecule has 0 aromatic heterocycles. The van der Waals surface area contributed by atoms with Crippen molar-refractivity contribution in [2.24, 2.45) is 5.92 Å². The number of allylic oxidation sites excluding steroid dienone is 1. The van der Waals surface area contributed by atoms with E-state index in [0.29, 0.717) is 5.57 Å². The maximum absolute atomic E-state index is 12.4. The third-order valence-corrected chi connectivity index (χ3v) is 9.26. The molecule has 0 bridgehead atoms. The number of hydrogen-bond donors (Lipinski definition) is 2. The predicted molar refractivity (Wildman–Crippen MR) is 68.0 cm³/mol. The normalized spacial score (nSPS) is 40.9. The van der Waals surface area contributed by atoms with Crippen LogP contribution in [0.5, 0.6) is 0 Å². The van der Waals surface area contributed by atoms with E-state index in [1.54, 1.807) is 6.92 Å². The number of nitrogens with one attached hydrogen (secondary N) is 1. The summed E-state index contributed by atoms with van der Waals surface area (Å²) in [5.41, 5.74) is 0.628. The Balaban J connectivity index is 2.04. The van der Waals surface area contributed by atoms with Crippen LogP contribution in [0.1, 0.15) is 26.2 Å². The van der Waals surface area contributed by atoms with Gasteiger partial charge in [-0.3, -0.25) is 0 Å². The second kappa shape index (κ2) is 4.01. The van der Waals surface area contributed by atoms with Gasteiger partial charge in [0.15, 0.2) is 0 Å². The molecule has 104 valence electrons. The zero-order chi connectivity index (χ0) is 13.8. The van der Waals surface area contributed by atoms with E-state index in [0.717, 1.165) is 19.3 Å². The third-order valence-electron chi connectivity index (χ3n) is 4.46. The molecule has 2 heterocycles. The quantitative estimate of drug-likeness (QED) is 0.444. The molecule has 0 unspecified atom stereocenters. The molecule has 2 N–H and O–H groups in total. The number of aliphatic hydroxyl groups excluding tert-OH is 1. The van der Waals surface area contributed by atoms with E-state index in [1.165, 1.54) is 4.97 Å². The fourth-order valence-corrected chi connectivity index (χ4v) is 8.12. The van der Waals surface area contributed by atoms with E-state index >= 15 is 0 Å². The third kappa shape index (κ3) is 1.48. The van der Waals surface area contributed by atoms with Crippen molar-refractivity contribution >= 4 is 18.6 Å². The van der Waals surface area contributed by atoms with Crippen LogP contribution in [0.15, 0.2) is 22.7 Å². The summed E-state index contributed by atoms with van der Waals surface area (Å²) in [6.07, 6.45) is 5.25. The van der Waals surface area contributed by atoms with Gasteiger partial charge in [-0.2, -0.15) is 0 Å². The molecule has 3 aliphatic rings.